The predicted octanol–water partition coefficient (Wildman–Crippen LogP) is 3.75. The molecule has 18 heavy (non-hydrogen) atoms. The Kier molecular flexibility index (Phi) is 3.71. The average molecular weight is 311 g/mol. The van der Waals surface area contributed by atoms with E-state index < -0.39 is 0 Å². The second-order valence-corrected chi connectivity index (χ2v) is 5.51. The Morgan fingerprint density at radius 1 is 1.50 bits per heavy atom. The molecule has 2 rings (SSSR count). The van der Waals surface area contributed by atoms with Crippen LogP contribution in [0.5, 0.6) is 0 Å². The minimum Gasteiger partial charge on any atom is -0.449 e. The molecule has 5 heteroatoms. The van der Waals surface area contributed by atoms with Crippen LogP contribution in [0.4, 0.5) is 4.79 Å². The molecule has 0 bridgehead atoms. The SMILES string of the molecule is Cc1nc2ccc(Br)cc2n1C(=O)OCC(C)C. The van der Waals surface area contributed by atoms with Gasteiger partial charge in [0.2, 0.25) is 0 Å². The van der Waals surface area contributed by atoms with Crippen LogP contribution in [0.2, 0.25) is 0 Å². The molecular formula is C13H15BrN2O2. The second-order valence-electron chi connectivity index (χ2n) is 4.60. The van der Waals surface area contributed by atoms with E-state index in [4.69, 9.17) is 4.74 Å². The molecule has 1 heterocycles. The number of rotatable bonds is 2. The highest BCUT2D eigenvalue weighted by Gasteiger charge is 2.15. The van der Waals surface area contributed by atoms with Crippen molar-refractivity contribution < 1.29 is 9.53 Å². The van der Waals surface area contributed by atoms with Gasteiger partial charge in [-0.2, -0.15) is 0 Å². The zero-order valence-corrected chi connectivity index (χ0v) is 12.2. The van der Waals surface area contributed by atoms with Crippen molar-refractivity contribution in [3.63, 3.8) is 0 Å². The van der Waals surface area contributed by atoms with E-state index in [1.54, 1.807) is 6.92 Å². The van der Waals surface area contributed by atoms with E-state index in [1.807, 2.05) is 32.0 Å². The van der Waals surface area contributed by atoms with Crippen LogP contribution < -0.4 is 0 Å². The summed E-state index contributed by atoms with van der Waals surface area (Å²) >= 11 is 3.39. The van der Waals surface area contributed by atoms with Crippen molar-refractivity contribution in [2.45, 2.75) is 20.8 Å². The smallest absolute Gasteiger partial charge is 0.419 e. The molecule has 0 spiro atoms. The van der Waals surface area contributed by atoms with Gasteiger partial charge in [-0.25, -0.2) is 14.3 Å². The summed E-state index contributed by atoms with van der Waals surface area (Å²) in [7, 11) is 0. The molecule has 4 nitrogen and oxygen atoms in total. The molecule has 0 saturated carbocycles. The van der Waals surface area contributed by atoms with E-state index in [0.29, 0.717) is 18.3 Å². The Morgan fingerprint density at radius 3 is 2.89 bits per heavy atom. The van der Waals surface area contributed by atoms with Crippen molar-refractivity contribution >= 4 is 33.1 Å². The molecule has 0 saturated heterocycles. The molecule has 96 valence electrons. The Hall–Kier alpha value is -1.36. The second kappa shape index (κ2) is 5.10. The van der Waals surface area contributed by atoms with Crippen LogP contribution in [-0.2, 0) is 4.74 Å². The lowest BCUT2D eigenvalue weighted by Crippen LogP contribution is -2.17. The minimum absolute atomic E-state index is 0.316. The highest BCUT2D eigenvalue weighted by Crippen LogP contribution is 2.21. The lowest BCUT2D eigenvalue weighted by molar-refractivity contribution is 0.135. The van der Waals surface area contributed by atoms with Crippen LogP contribution in [0.15, 0.2) is 22.7 Å². The Balaban J connectivity index is 2.40. The normalized spacial score (nSPS) is 11.2. The van der Waals surface area contributed by atoms with Crippen molar-refractivity contribution in [1.82, 2.24) is 9.55 Å². The number of hydrogen-bond donors (Lipinski definition) is 0. The summed E-state index contributed by atoms with van der Waals surface area (Å²) < 4.78 is 7.66. The molecule has 1 aromatic carbocycles. The zero-order valence-electron chi connectivity index (χ0n) is 10.6. The number of benzene rings is 1. The van der Waals surface area contributed by atoms with Gasteiger partial charge in [-0.3, -0.25) is 0 Å². The summed E-state index contributed by atoms with van der Waals surface area (Å²) in [5.41, 5.74) is 1.55. The van der Waals surface area contributed by atoms with Crippen molar-refractivity contribution in [2.24, 2.45) is 5.92 Å². The number of fused-ring (bicyclic) bond motifs is 1. The summed E-state index contributed by atoms with van der Waals surface area (Å²) in [6, 6.07) is 5.64. The van der Waals surface area contributed by atoms with Gasteiger partial charge in [0, 0.05) is 4.47 Å². The number of carbonyl (C=O) groups excluding carboxylic acids is 1. The summed E-state index contributed by atoms with van der Waals surface area (Å²) in [6.45, 7) is 6.21. The maximum absolute atomic E-state index is 12.0. The maximum atomic E-state index is 12.0. The van der Waals surface area contributed by atoms with Gasteiger partial charge in [-0.15, -0.1) is 0 Å². The molecule has 0 fully saturated rings. The average Bonchev–Trinajstić information content (AvgIpc) is 2.61. The lowest BCUT2D eigenvalue weighted by atomic mass is 10.2. The first-order chi connectivity index (χ1) is 8.49. The number of aromatic nitrogens is 2. The van der Waals surface area contributed by atoms with Crippen LogP contribution in [0.25, 0.3) is 11.0 Å². The van der Waals surface area contributed by atoms with E-state index >= 15 is 0 Å². The molecule has 0 radical (unpaired) electrons. The fraction of sp³-hybridized carbons (Fsp3) is 0.385. The summed E-state index contributed by atoms with van der Waals surface area (Å²) in [4.78, 5) is 16.4. The van der Waals surface area contributed by atoms with E-state index in [2.05, 4.69) is 20.9 Å². The monoisotopic (exact) mass is 310 g/mol. The first-order valence-electron chi connectivity index (χ1n) is 5.80. The van der Waals surface area contributed by atoms with Gasteiger partial charge in [0.15, 0.2) is 0 Å². The van der Waals surface area contributed by atoms with E-state index in [9.17, 15) is 4.79 Å². The van der Waals surface area contributed by atoms with E-state index in [0.717, 1.165) is 15.5 Å². The molecule has 0 unspecified atom stereocenters. The van der Waals surface area contributed by atoms with Crippen molar-refractivity contribution in [2.75, 3.05) is 6.61 Å². The third-order valence-corrected chi connectivity index (χ3v) is 3.00. The van der Waals surface area contributed by atoms with Crippen LogP contribution in [-0.4, -0.2) is 22.3 Å². The highest BCUT2D eigenvalue weighted by molar-refractivity contribution is 9.10. The molecule has 0 atom stereocenters. The van der Waals surface area contributed by atoms with Crippen LogP contribution in [0.1, 0.15) is 19.7 Å². The van der Waals surface area contributed by atoms with Gasteiger partial charge in [-0.05, 0) is 31.0 Å². The maximum Gasteiger partial charge on any atom is 0.419 e. The standard InChI is InChI=1S/C13H15BrN2O2/c1-8(2)7-18-13(17)16-9(3)15-11-5-4-10(14)6-12(11)16/h4-6,8H,7H2,1-3H3. The van der Waals surface area contributed by atoms with Gasteiger partial charge in [0.1, 0.15) is 5.82 Å². The fourth-order valence-corrected chi connectivity index (χ4v) is 2.05. The van der Waals surface area contributed by atoms with Gasteiger partial charge >= 0.3 is 6.09 Å². The molecule has 0 aliphatic carbocycles. The van der Waals surface area contributed by atoms with Crippen LogP contribution in [0.3, 0.4) is 0 Å². The van der Waals surface area contributed by atoms with E-state index in [-0.39, 0.29) is 6.09 Å². The Labute approximate surface area is 114 Å². The number of aryl methyl sites for hydroxylation is 1. The first kappa shape index (κ1) is 13.1. The minimum atomic E-state index is -0.373. The van der Waals surface area contributed by atoms with Gasteiger partial charge in [0.25, 0.3) is 0 Å². The van der Waals surface area contributed by atoms with Crippen molar-refractivity contribution in [3.05, 3.63) is 28.5 Å². The largest absolute Gasteiger partial charge is 0.449 e. The number of ether oxygens (including phenoxy) is 1. The predicted molar refractivity (Wildman–Crippen MR) is 73.8 cm³/mol. The molecule has 1 aromatic heterocycles. The van der Waals surface area contributed by atoms with Crippen LogP contribution in [0, 0.1) is 12.8 Å². The zero-order chi connectivity index (χ0) is 13.3. The number of imidazole rings is 1. The molecular weight excluding hydrogens is 296 g/mol. The number of nitrogens with zero attached hydrogens (tertiary/aromatic N) is 2. The summed E-state index contributed by atoms with van der Waals surface area (Å²) in [6.07, 6.45) is -0.373. The van der Waals surface area contributed by atoms with Gasteiger partial charge in [0.05, 0.1) is 17.6 Å². The quantitative estimate of drug-likeness (QED) is 0.848. The molecule has 0 aliphatic heterocycles. The molecule has 0 amide bonds. The Morgan fingerprint density at radius 2 is 2.22 bits per heavy atom. The van der Waals surface area contributed by atoms with Gasteiger partial charge in [-0.1, -0.05) is 29.8 Å². The number of hydrogen-bond acceptors (Lipinski definition) is 3. The van der Waals surface area contributed by atoms with Gasteiger partial charge < -0.3 is 4.74 Å². The molecule has 0 N–H and O–H groups in total. The number of halogens is 1. The number of carbonyl (C=O) groups is 1. The molecule has 2 aromatic rings. The topological polar surface area (TPSA) is 44.1 Å². The molecule has 0 aliphatic rings. The van der Waals surface area contributed by atoms with Crippen molar-refractivity contribution in [1.29, 1.82) is 0 Å². The fourth-order valence-electron chi connectivity index (χ4n) is 1.70. The summed E-state index contributed by atoms with van der Waals surface area (Å²) in [5.74, 6) is 0.952. The first-order valence-corrected chi connectivity index (χ1v) is 6.60. The van der Waals surface area contributed by atoms with E-state index in [1.165, 1.54) is 4.57 Å². The highest BCUT2D eigenvalue weighted by atomic mass is 79.9. The Bertz CT molecular complexity index is 590. The third-order valence-electron chi connectivity index (χ3n) is 2.51. The van der Waals surface area contributed by atoms with Crippen molar-refractivity contribution in [3.8, 4) is 0 Å². The van der Waals surface area contributed by atoms with Crippen LogP contribution >= 0.6 is 15.9 Å². The lowest BCUT2D eigenvalue weighted by Gasteiger charge is -2.09. The third kappa shape index (κ3) is 2.56. The summed E-state index contributed by atoms with van der Waals surface area (Å²) in [5, 5.41) is 0.